The second-order valence-electron chi connectivity index (χ2n) is 9.26. The van der Waals surface area contributed by atoms with Crippen molar-refractivity contribution in [2.24, 2.45) is 14.1 Å². The van der Waals surface area contributed by atoms with Gasteiger partial charge >= 0.3 is 0 Å². The van der Waals surface area contributed by atoms with Gasteiger partial charge in [0.1, 0.15) is 17.6 Å². The molecule has 10 nitrogen and oxygen atoms in total. The smallest absolute Gasteiger partial charge is 0.266 e. The summed E-state index contributed by atoms with van der Waals surface area (Å²) in [5.41, 5.74) is 2.81. The van der Waals surface area contributed by atoms with Gasteiger partial charge in [0.2, 0.25) is 5.88 Å². The first-order valence-electron chi connectivity index (χ1n) is 11.7. The number of hydrogen-bond donors (Lipinski definition) is 1. The lowest BCUT2D eigenvalue weighted by molar-refractivity contribution is 0.123. The van der Waals surface area contributed by atoms with Crippen LogP contribution in [0.4, 0.5) is 5.82 Å². The van der Waals surface area contributed by atoms with Crippen LogP contribution in [-0.4, -0.2) is 46.5 Å². The summed E-state index contributed by atoms with van der Waals surface area (Å²) in [7, 11) is 3.54. The maximum absolute atomic E-state index is 11.6. The number of anilines is 1. The number of hydrogen-bond acceptors (Lipinski definition) is 7. The monoisotopic (exact) mass is 462 g/mol. The van der Waals surface area contributed by atoms with E-state index < -0.39 is 0 Å². The third-order valence-corrected chi connectivity index (χ3v) is 6.22. The largest absolute Gasteiger partial charge is 0.473 e. The van der Waals surface area contributed by atoms with Crippen LogP contribution in [0.5, 0.6) is 5.88 Å². The molecule has 4 heterocycles. The average Bonchev–Trinajstić information content (AvgIpc) is 3.40. The topological polar surface area (TPSA) is 105 Å². The Kier molecular flexibility index (Phi) is 5.80. The second-order valence-corrected chi connectivity index (χ2v) is 9.26. The first-order valence-corrected chi connectivity index (χ1v) is 11.7. The quantitative estimate of drug-likeness (QED) is 0.469. The first-order chi connectivity index (χ1) is 16.4. The Morgan fingerprint density at radius 2 is 1.88 bits per heavy atom. The van der Waals surface area contributed by atoms with Gasteiger partial charge in [-0.1, -0.05) is 0 Å². The molecule has 4 aromatic heterocycles. The van der Waals surface area contributed by atoms with Gasteiger partial charge < -0.3 is 10.1 Å². The SMILES string of the molecule is CC(C)Nc1cc2c(cn1)c(-c1cnn(C)c1)nn2C1CCC(Oc2ccc(=O)n(C)n2)CC1. The molecule has 10 heteroatoms. The van der Waals surface area contributed by atoms with Crippen LogP contribution in [0.3, 0.4) is 0 Å². The predicted molar refractivity (Wildman–Crippen MR) is 130 cm³/mol. The zero-order valence-corrected chi connectivity index (χ0v) is 20.0. The number of fused-ring (bicyclic) bond motifs is 1. The molecule has 1 aliphatic carbocycles. The van der Waals surface area contributed by atoms with Crippen LogP contribution in [0, 0.1) is 0 Å². The Morgan fingerprint density at radius 1 is 1.09 bits per heavy atom. The molecule has 5 rings (SSSR count). The van der Waals surface area contributed by atoms with Crippen LogP contribution < -0.4 is 15.6 Å². The highest BCUT2D eigenvalue weighted by molar-refractivity contribution is 5.93. The second kappa shape index (κ2) is 8.92. The molecule has 1 N–H and O–H groups in total. The van der Waals surface area contributed by atoms with Crippen molar-refractivity contribution in [1.82, 2.24) is 34.3 Å². The molecule has 0 unspecified atom stereocenters. The molecular weight excluding hydrogens is 432 g/mol. The molecule has 0 aromatic carbocycles. The van der Waals surface area contributed by atoms with Crippen LogP contribution >= 0.6 is 0 Å². The van der Waals surface area contributed by atoms with Gasteiger partial charge in [-0.25, -0.2) is 9.67 Å². The molecule has 1 aliphatic rings. The van der Waals surface area contributed by atoms with Gasteiger partial charge in [0.25, 0.3) is 5.56 Å². The van der Waals surface area contributed by atoms with E-state index in [1.54, 1.807) is 17.8 Å². The van der Waals surface area contributed by atoms with Gasteiger partial charge in [0.15, 0.2) is 0 Å². The molecule has 0 bridgehead atoms. The van der Waals surface area contributed by atoms with Crippen LogP contribution in [0.2, 0.25) is 0 Å². The van der Waals surface area contributed by atoms with Crippen molar-refractivity contribution in [2.45, 2.75) is 57.7 Å². The van der Waals surface area contributed by atoms with Gasteiger partial charge in [-0.05, 0) is 39.5 Å². The Balaban J connectivity index is 1.41. The normalized spacial score (nSPS) is 18.5. The molecule has 0 radical (unpaired) electrons. The third-order valence-electron chi connectivity index (χ3n) is 6.22. The maximum atomic E-state index is 11.6. The third kappa shape index (κ3) is 4.40. The molecule has 0 atom stereocenters. The Bertz CT molecular complexity index is 1360. The van der Waals surface area contributed by atoms with Gasteiger partial charge in [-0.2, -0.15) is 10.2 Å². The maximum Gasteiger partial charge on any atom is 0.266 e. The van der Waals surface area contributed by atoms with Crippen LogP contribution in [-0.2, 0) is 14.1 Å². The number of pyridine rings is 1. The number of rotatable bonds is 6. The summed E-state index contributed by atoms with van der Waals surface area (Å²) < 4.78 is 11.3. The lowest BCUT2D eigenvalue weighted by atomic mass is 9.93. The zero-order valence-electron chi connectivity index (χ0n) is 20.0. The van der Waals surface area contributed by atoms with Gasteiger partial charge in [-0.3, -0.25) is 14.2 Å². The van der Waals surface area contributed by atoms with Gasteiger partial charge in [0.05, 0.1) is 17.8 Å². The van der Waals surface area contributed by atoms with E-state index in [1.807, 2.05) is 25.6 Å². The van der Waals surface area contributed by atoms with E-state index in [4.69, 9.17) is 9.84 Å². The minimum Gasteiger partial charge on any atom is -0.473 e. The zero-order chi connectivity index (χ0) is 23.8. The molecule has 34 heavy (non-hydrogen) atoms. The molecule has 1 fully saturated rings. The lowest BCUT2D eigenvalue weighted by Crippen LogP contribution is -2.27. The number of ether oxygens (including phenoxy) is 1. The van der Waals surface area contributed by atoms with Crippen molar-refractivity contribution < 1.29 is 4.74 Å². The van der Waals surface area contributed by atoms with Crippen LogP contribution in [0.25, 0.3) is 22.2 Å². The van der Waals surface area contributed by atoms with Crippen molar-refractivity contribution >= 4 is 16.7 Å². The van der Waals surface area contributed by atoms with Gasteiger partial charge in [0, 0.05) is 61.7 Å². The summed E-state index contributed by atoms with van der Waals surface area (Å²) in [6, 6.07) is 5.78. The average molecular weight is 463 g/mol. The highest BCUT2D eigenvalue weighted by Gasteiger charge is 2.27. The molecule has 0 amide bonds. The van der Waals surface area contributed by atoms with Crippen LogP contribution in [0.1, 0.15) is 45.6 Å². The summed E-state index contributed by atoms with van der Waals surface area (Å²) >= 11 is 0. The minimum atomic E-state index is -0.146. The summed E-state index contributed by atoms with van der Waals surface area (Å²) in [5, 5.41) is 18.0. The number of aryl methyl sites for hydroxylation is 2. The summed E-state index contributed by atoms with van der Waals surface area (Å²) in [6.45, 7) is 4.20. The first kappa shape index (κ1) is 22.1. The highest BCUT2D eigenvalue weighted by atomic mass is 16.5. The predicted octanol–water partition coefficient (Wildman–Crippen LogP) is 3.31. The Labute approximate surface area is 197 Å². The summed E-state index contributed by atoms with van der Waals surface area (Å²) in [5.74, 6) is 1.34. The van der Waals surface area contributed by atoms with E-state index in [2.05, 4.69) is 45.1 Å². The van der Waals surface area contributed by atoms with Crippen molar-refractivity contribution in [3.8, 4) is 17.1 Å². The van der Waals surface area contributed by atoms with E-state index >= 15 is 0 Å². The lowest BCUT2D eigenvalue weighted by Gasteiger charge is -2.29. The number of aromatic nitrogens is 7. The van der Waals surface area contributed by atoms with Gasteiger partial charge in [-0.15, -0.1) is 5.10 Å². The van der Waals surface area contributed by atoms with Crippen molar-refractivity contribution in [3.05, 3.63) is 47.1 Å². The highest BCUT2D eigenvalue weighted by Crippen LogP contribution is 2.36. The molecular formula is C24H30N8O2. The van der Waals surface area contributed by atoms with E-state index in [1.165, 1.54) is 10.7 Å². The number of nitrogens with zero attached hydrogens (tertiary/aromatic N) is 7. The summed E-state index contributed by atoms with van der Waals surface area (Å²) in [6.07, 6.45) is 9.47. The molecule has 0 spiro atoms. The van der Waals surface area contributed by atoms with E-state index in [0.717, 1.165) is 53.7 Å². The molecule has 4 aromatic rings. The fourth-order valence-corrected chi connectivity index (χ4v) is 4.56. The molecule has 0 aliphatic heterocycles. The van der Waals surface area contributed by atoms with Crippen molar-refractivity contribution in [2.75, 3.05) is 5.32 Å². The molecule has 178 valence electrons. The molecule has 0 saturated heterocycles. The minimum absolute atomic E-state index is 0.0701. The summed E-state index contributed by atoms with van der Waals surface area (Å²) in [4.78, 5) is 16.2. The van der Waals surface area contributed by atoms with E-state index in [0.29, 0.717) is 5.88 Å². The Hall–Kier alpha value is -3.69. The fraction of sp³-hybridized carbons (Fsp3) is 0.458. The molecule has 1 saturated carbocycles. The van der Waals surface area contributed by atoms with Crippen LogP contribution in [0.15, 0.2) is 41.6 Å². The van der Waals surface area contributed by atoms with E-state index in [-0.39, 0.29) is 23.7 Å². The van der Waals surface area contributed by atoms with Crippen molar-refractivity contribution in [1.29, 1.82) is 0 Å². The standard InChI is InChI=1S/C24H30N8O2/c1-15(2)27-21-11-20-19(13-25-21)24(16-12-26-30(3)14-16)29-32(20)17-5-7-18(8-6-17)34-22-9-10-23(33)31(4)28-22/h9-15,17-18H,5-8H2,1-4H3,(H,25,27). The Morgan fingerprint density at radius 3 is 2.56 bits per heavy atom. The fourth-order valence-electron chi connectivity index (χ4n) is 4.56. The van der Waals surface area contributed by atoms with Crippen molar-refractivity contribution in [3.63, 3.8) is 0 Å². The van der Waals surface area contributed by atoms with E-state index in [9.17, 15) is 4.79 Å². The number of nitrogens with one attached hydrogen (secondary N) is 1.